The number of thioether (sulfide) groups is 1. The number of nitrogens with zero attached hydrogens (tertiary/aromatic N) is 1. The van der Waals surface area contributed by atoms with E-state index in [-0.39, 0.29) is 24.5 Å². The predicted octanol–water partition coefficient (Wildman–Crippen LogP) is 4.31. The molecular formula is C19H14ClNO5S. The summed E-state index contributed by atoms with van der Waals surface area (Å²) in [5, 5.41) is 0.170. The van der Waals surface area contributed by atoms with Crippen molar-refractivity contribution in [3.05, 3.63) is 57.5 Å². The molecule has 1 saturated heterocycles. The molecule has 0 atom stereocenters. The molecule has 2 aliphatic rings. The largest absolute Gasteiger partial charge is 0.496 e. The predicted molar refractivity (Wildman–Crippen MR) is 102 cm³/mol. The molecule has 6 nitrogen and oxygen atoms in total. The molecule has 0 aliphatic carbocycles. The van der Waals surface area contributed by atoms with Crippen LogP contribution in [-0.2, 0) is 11.3 Å². The van der Waals surface area contributed by atoms with Crippen molar-refractivity contribution in [2.75, 3.05) is 13.9 Å². The number of rotatable bonds is 4. The number of imide groups is 1. The first kappa shape index (κ1) is 17.8. The summed E-state index contributed by atoms with van der Waals surface area (Å²) >= 11 is 7.03. The first-order chi connectivity index (χ1) is 13.1. The Bertz CT molecular complexity index is 975. The van der Waals surface area contributed by atoms with E-state index >= 15 is 0 Å². The lowest BCUT2D eigenvalue weighted by atomic mass is 10.1. The molecule has 0 unspecified atom stereocenters. The van der Waals surface area contributed by atoms with E-state index in [2.05, 4.69) is 0 Å². The molecule has 0 spiro atoms. The van der Waals surface area contributed by atoms with Crippen LogP contribution in [0.4, 0.5) is 4.79 Å². The van der Waals surface area contributed by atoms with E-state index in [9.17, 15) is 9.59 Å². The second kappa shape index (κ2) is 7.17. The van der Waals surface area contributed by atoms with Crippen molar-refractivity contribution in [3.63, 3.8) is 0 Å². The van der Waals surface area contributed by atoms with Crippen LogP contribution in [0.2, 0.25) is 5.02 Å². The number of hydrogen-bond acceptors (Lipinski definition) is 6. The average Bonchev–Trinajstić information content (AvgIpc) is 3.22. The van der Waals surface area contributed by atoms with E-state index in [1.807, 2.05) is 6.07 Å². The fourth-order valence-electron chi connectivity index (χ4n) is 2.80. The van der Waals surface area contributed by atoms with Gasteiger partial charge in [-0.05, 0) is 35.5 Å². The summed E-state index contributed by atoms with van der Waals surface area (Å²) in [6.45, 7) is 0.260. The van der Waals surface area contributed by atoms with Gasteiger partial charge in [0.25, 0.3) is 11.1 Å². The van der Waals surface area contributed by atoms with Crippen LogP contribution in [0, 0.1) is 0 Å². The maximum Gasteiger partial charge on any atom is 0.293 e. The zero-order valence-electron chi connectivity index (χ0n) is 14.2. The molecule has 0 aromatic heterocycles. The van der Waals surface area contributed by atoms with E-state index in [4.69, 9.17) is 25.8 Å². The molecular weight excluding hydrogens is 390 g/mol. The summed E-state index contributed by atoms with van der Waals surface area (Å²) in [5.41, 5.74) is 1.34. The third kappa shape index (κ3) is 3.36. The van der Waals surface area contributed by atoms with Gasteiger partial charge in [-0.15, -0.1) is 0 Å². The Hall–Kier alpha value is -2.64. The smallest absolute Gasteiger partial charge is 0.293 e. The molecule has 0 N–H and O–H groups in total. The summed E-state index contributed by atoms with van der Waals surface area (Å²) in [7, 11) is 1.53. The highest BCUT2D eigenvalue weighted by atomic mass is 35.5. The summed E-state index contributed by atoms with van der Waals surface area (Å²) < 4.78 is 16.1. The SMILES string of the molecule is COc1cc2c(cc1/C=C1\SC(=O)N(Cc3ccccc3Cl)C1=O)OCO2. The van der Waals surface area contributed by atoms with Crippen LogP contribution in [0.1, 0.15) is 11.1 Å². The molecule has 2 amide bonds. The quantitative estimate of drug-likeness (QED) is 0.708. The molecule has 1 fully saturated rings. The maximum atomic E-state index is 12.7. The lowest BCUT2D eigenvalue weighted by molar-refractivity contribution is -0.123. The van der Waals surface area contributed by atoms with E-state index in [1.165, 1.54) is 12.0 Å². The maximum absolute atomic E-state index is 12.7. The van der Waals surface area contributed by atoms with Gasteiger partial charge in [0.15, 0.2) is 11.5 Å². The van der Waals surface area contributed by atoms with E-state index in [1.54, 1.807) is 36.4 Å². The molecule has 2 aliphatic heterocycles. The normalized spacial score (nSPS) is 17.1. The molecule has 0 saturated carbocycles. The van der Waals surface area contributed by atoms with Gasteiger partial charge in [-0.2, -0.15) is 0 Å². The van der Waals surface area contributed by atoms with Crippen molar-refractivity contribution in [3.8, 4) is 17.2 Å². The monoisotopic (exact) mass is 403 g/mol. The number of benzene rings is 2. The van der Waals surface area contributed by atoms with Crippen LogP contribution >= 0.6 is 23.4 Å². The number of hydrogen-bond donors (Lipinski definition) is 0. The summed E-state index contributed by atoms with van der Waals surface area (Å²) in [6.07, 6.45) is 1.62. The number of halogens is 1. The van der Waals surface area contributed by atoms with Gasteiger partial charge in [0, 0.05) is 16.7 Å². The number of fused-ring (bicyclic) bond motifs is 1. The van der Waals surface area contributed by atoms with E-state index in [0.717, 1.165) is 11.8 Å². The summed E-state index contributed by atoms with van der Waals surface area (Å²) in [4.78, 5) is 26.6. The number of amides is 2. The highest BCUT2D eigenvalue weighted by Gasteiger charge is 2.35. The first-order valence-corrected chi connectivity index (χ1v) is 9.22. The van der Waals surface area contributed by atoms with Crippen LogP contribution in [0.3, 0.4) is 0 Å². The Morgan fingerprint density at radius 1 is 1.22 bits per heavy atom. The van der Waals surface area contributed by atoms with Crippen LogP contribution in [-0.4, -0.2) is 29.9 Å². The van der Waals surface area contributed by atoms with Gasteiger partial charge in [0.1, 0.15) is 5.75 Å². The van der Waals surface area contributed by atoms with Crippen molar-refractivity contribution in [1.82, 2.24) is 4.90 Å². The Morgan fingerprint density at radius 2 is 1.96 bits per heavy atom. The Morgan fingerprint density at radius 3 is 2.70 bits per heavy atom. The van der Waals surface area contributed by atoms with Crippen molar-refractivity contribution < 1.29 is 23.8 Å². The van der Waals surface area contributed by atoms with Gasteiger partial charge in [-0.25, -0.2) is 0 Å². The number of methoxy groups -OCH3 is 1. The van der Waals surface area contributed by atoms with Crippen LogP contribution in [0.15, 0.2) is 41.3 Å². The second-order valence-corrected chi connectivity index (χ2v) is 7.21. The molecule has 4 rings (SSSR count). The highest BCUT2D eigenvalue weighted by molar-refractivity contribution is 8.18. The molecule has 8 heteroatoms. The van der Waals surface area contributed by atoms with Crippen molar-refractivity contribution >= 4 is 40.6 Å². The van der Waals surface area contributed by atoms with Gasteiger partial charge in [0.05, 0.1) is 18.6 Å². The van der Waals surface area contributed by atoms with Crippen molar-refractivity contribution in [2.24, 2.45) is 0 Å². The fourth-order valence-corrected chi connectivity index (χ4v) is 3.83. The van der Waals surface area contributed by atoms with Gasteiger partial charge in [-0.1, -0.05) is 29.8 Å². The minimum Gasteiger partial charge on any atom is -0.496 e. The minimum absolute atomic E-state index is 0.125. The Balaban J connectivity index is 1.63. The van der Waals surface area contributed by atoms with Crippen molar-refractivity contribution in [2.45, 2.75) is 6.54 Å². The van der Waals surface area contributed by atoms with E-state index in [0.29, 0.717) is 38.3 Å². The topological polar surface area (TPSA) is 65.1 Å². The number of carbonyl (C=O) groups excluding carboxylic acids is 2. The molecule has 138 valence electrons. The van der Waals surface area contributed by atoms with Crippen LogP contribution in [0.5, 0.6) is 17.2 Å². The zero-order valence-corrected chi connectivity index (χ0v) is 15.8. The lowest BCUT2D eigenvalue weighted by Gasteiger charge is -2.13. The van der Waals surface area contributed by atoms with Crippen LogP contribution < -0.4 is 14.2 Å². The Labute approximate surface area is 164 Å². The molecule has 0 radical (unpaired) electrons. The van der Waals surface area contributed by atoms with Gasteiger partial charge >= 0.3 is 0 Å². The first-order valence-electron chi connectivity index (χ1n) is 8.03. The minimum atomic E-state index is -0.371. The van der Waals surface area contributed by atoms with Crippen LogP contribution in [0.25, 0.3) is 6.08 Å². The summed E-state index contributed by atoms with van der Waals surface area (Å²) in [5.74, 6) is 1.30. The number of carbonyl (C=O) groups is 2. The second-order valence-electron chi connectivity index (χ2n) is 5.81. The molecule has 2 aromatic rings. The van der Waals surface area contributed by atoms with Gasteiger partial charge in [0.2, 0.25) is 6.79 Å². The molecule has 2 heterocycles. The third-order valence-corrected chi connectivity index (χ3v) is 5.45. The highest BCUT2D eigenvalue weighted by Crippen LogP contribution is 2.41. The fraction of sp³-hybridized carbons (Fsp3) is 0.158. The van der Waals surface area contributed by atoms with Crippen molar-refractivity contribution in [1.29, 1.82) is 0 Å². The van der Waals surface area contributed by atoms with Gasteiger partial charge in [-0.3, -0.25) is 14.5 Å². The van der Waals surface area contributed by atoms with E-state index < -0.39 is 0 Å². The molecule has 27 heavy (non-hydrogen) atoms. The average molecular weight is 404 g/mol. The molecule has 0 bridgehead atoms. The Kier molecular flexibility index (Phi) is 4.72. The standard InChI is InChI=1S/C19H14ClNO5S/c1-24-14-8-16-15(25-10-26-16)6-12(14)7-17-18(22)21(19(23)27-17)9-11-4-2-3-5-13(11)20/h2-8H,9-10H2,1H3/b17-7-. The zero-order chi connectivity index (χ0) is 19.0. The lowest BCUT2D eigenvalue weighted by Crippen LogP contribution is -2.27. The summed E-state index contributed by atoms with van der Waals surface area (Å²) in [6, 6.07) is 10.5. The number of ether oxygens (including phenoxy) is 3. The molecule has 2 aromatic carbocycles. The third-order valence-electron chi connectivity index (χ3n) is 4.17. The van der Waals surface area contributed by atoms with Gasteiger partial charge < -0.3 is 14.2 Å².